The average molecular weight is 312 g/mol. The monoisotopic (exact) mass is 311 g/mol. The van der Waals surface area contributed by atoms with E-state index in [2.05, 4.69) is 10.2 Å². The van der Waals surface area contributed by atoms with E-state index in [1.165, 1.54) is 0 Å². The number of anilines is 2. The Labute approximate surface area is 130 Å². The van der Waals surface area contributed by atoms with E-state index in [0.29, 0.717) is 30.3 Å². The third-order valence-electron chi connectivity index (χ3n) is 3.51. The summed E-state index contributed by atoms with van der Waals surface area (Å²) in [7, 11) is 0. The number of benzene rings is 1. The van der Waals surface area contributed by atoms with Gasteiger partial charge in [0.1, 0.15) is 0 Å². The van der Waals surface area contributed by atoms with Crippen molar-refractivity contribution in [3.05, 3.63) is 23.2 Å². The standard InChI is InChI=1S/C15H22ClN3O2/c1-2-4-12(17)15(20)18-13-6-3-5-11(16)14(13)19-7-9-21-10-8-19/h3,5-6,12H,2,4,7-10,17H2,1H3,(H,18,20). The van der Waals surface area contributed by atoms with Gasteiger partial charge in [-0.15, -0.1) is 0 Å². The summed E-state index contributed by atoms with van der Waals surface area (Å²) in [6.07, 6.45) is 1.54. The summed E-state index contributed by atoms with van der Waals surface area (Å²) in [5.74, 6) is -0.173. The molecule has 1 aliphatic heterocycles. The van der Waals surface area contributed by atoms with Gasteiger partial charge < -0.3 is 20.7 Å². The number of carbonyl (C=O) groups is 1. The van der Waals surface area contributed by atoms with Crippen LogP contribution in [0.3, 0.4) is 0 Å². The van der Waals surface area contributed by atoms with Gasteiger partial charge in [-0.1, -0.05) is 31.0 Å². The number of carbonyl (C=O) groups excluding carboxylic acids is 1. The molecule has 0 spiro atoms. The summed E-state index contributed by atoms with van der Waals surface area (Å²) < 4.78 is 5.36. The van der Waals surface area contributed by atoms with E-state index >= 15 is 0 Å². The molecule has 1 unspecified atom stereocenters. The van der Waals surface area contributed by atoms with E-state index < -0.39 is 6.04 Å². The molecule has 1 aliphatic rings. The Morgan fingerprint density at radius 3 is 2.86 bits per heavy atom. The Bertz CT molecular complexity index is 490. The SMILES string of the molecule is CCCC(N)C(=O)Nc1cccc(Cl)c1N1CCOCC1. The minimum absolute atomic E-state index is 0.173. The first-order valence-electron chi connectivity index (χ1n) is 7.31. The maximum Gasteiger partial charge on any atom is 0.241 e. The van der Waals surface area contributed by atoms with Crippen LogP contribution in [0.25, 0.3) is 0 Å². The Balaban J connectivity index is 2.19. The Morgan fingerprint density at radius 1 is 1.48 bits per heavy atom. The number of ether oxygens (including phenoxy) is 1. The minimum atomic E-state index is -0.494. The largest absolute Gasteiger partial charge is 0.378 e. The summed E-state index contributed by atoms with van der Waals surface area (Å²) >= 11 is 6.32. The number of para-hydroxylation sites is 1. The first-order valence-corrected chi connectivity index (χ1v) is 7.69. The highest BCUT2D eigenvalue weighted by molar-refractivity contribution is 6.34. The van der Waals surface area contributed by atoms with Crippen LogP contribution in [0.2, 0.25) is 5.02 Å². The molecule has 0 aromatic heterocycles. The van der Waals surface area contributed by atoms with Crippen molar-refractivity contribution in [1.82, 2.24) is 0 Å². The molecule has 2 rings (SSSR count). The molecule has 3 N–H and O–H groups in total. The van der Waals surface area contributed by atoms with Gasteiger partial charge in [-0.05, 0) is 18.6 Å². The number of morpholine rings is 1. The van der Waals surface area contributed by atoms with Crippen molar-refractivity contribution in [1.29, 1.82) is 0 Å². The lowest BCUT2D eigenvalue weighted by Crippen LogP contribution is -2.38. The molecular weight excluding hydrogens is 290 g/mol. The van der Waals surface area contributed by atoms with E-state index in [9.17, 15) is 4.79 Å². The molecule has 1 atom stereocenters. The summed E-state index contributed by atoms with van der Waals surface area (Å²) in [6.45, 7) is 4.84. The van der Waals surface area contributed by atoms with Crippen LogP contribution in [0.4, 0.5) is 11.4 Å². The number of nitrogens with zero attached hydrogens (tertiary/aromatic N) is 1. The highest BCUT2D eigenvalue weighted by Gasteiger charge is 2.20. The highest BCUT2D eigenvalue weighted by atomic mass is 35.5. The second kappa shape index (κ2) is 7.64. The molecule has 1 amide bonds. The molecule has 116 valence electrons. The maximum atomic E-state index is 12.1. The summed E-state index contributed by atoms with van der Waals surface area (Å²) in [6, 6.07) is 5.01. The molecule has 1 heterocycles. The number of hydrogen-bond acceptors (Lipinski definition) is 4. The molecule has 6 heteroatoms. The predicted molar refractivity (Wildman–Crippen MR) is 86.0 cm³/mol. The van der Waals surface area contributed by atoms with Gasteiger partial charge in [0.25, 0.3) is 0 Å². The van der Waals surface area contributed by atoms with Crippen LogP contribution in [0.15, 0.2) is 18.2 Å². The second-order valence-corrected chi connectivity index (χ2v) is 5.53. The summed E-state index contributed by atoms with van der Waals surface area (Å²) in [4.78, 5) is 14.3. The molecule has 0 bridgehead atoms. The topological polar surface area (TPSA) is 67.6 Å². The maximum absolute atomic E-state index is 12.1. The van der Waals surface area contributed by atoms with Crippen LogP contribution in [-0.4, -0.2) is 38.3 Å². The van der Waals surface area contributed by atoms with Gasteiger partial charge in [0, 0.05) is 13.1 Å². The predicted octanol–water partition coefficient (Wildman–Crippen LogP) is 2.24. The number of halogens is 1. The van der Waals surface area contributed by atoms with Crippen LogP contribution < -0.4 is 16.0 Å². The average Bonchev–Trinajstić information content (AvgIpc) is 2.48. The first-order chi connectivity index (χ1) is 10.1. The number of hydrogen-bond donors (Lipinski definition) is 2. The van der Waals surface area contributed by atoms with Crippen LogP contribution in [0.1, 0.15) is 19.8 Å². The van der Waals surface area contributed by atoms with Gasteiger partial charge in [0.15, 0.2) is 0 Å². The highest BCUT2D eigenvalue weighted by Crippen LogP contribution is 2.34. The normalized spacial score (nSPS) is 16.6. The molecule has 0 aliphatic carbocycles. The lowest BCUT2D eigenvalue weighted by molar-refractivity contribution is -0.117. The van der Waals surface area contributed by atoms with Gasteiger partial charge in [-0.3, -0.25) is 4.79 Å². The molecule has 1 aromatic rings. The fourth-order valence-corrected chi connectivity index (χ4v) is 2.69. The van der Waals surface area contributed by atoms with Crippen molar-refractivity contribution >= 4 is 28.9 Å². The van der Waals surface area contributed by atoms with Gasteiger partial charge in [-0.2, -0.15) is 0 Å². The molecule has 1 aromatic carbocycles. The molecule has 1 saturated heterocycles. The molecule has 1 fully saturated rings. The number of nitrogens with one attached hydrogen (secondary N) is 1. The zero-order valence-corrected chi connectivity index (χ0v) is 13.0. The third kappa shape index (κ3) is 4.09. The number of amides is 1. The van der Waals surface area contributed by atoms with Gasteiger partial charge in [-0.25, -0.2) is 0 Å². The zero-order chi connectivity index (χ0) is 15.2. The zero-order valence-electron chi connectivity index (χ0n) is 12.3. The molecule has 21 heavy (non-hydrogen) atoms. The Hall–Kier alpha value is -1.30. The second-order valence-electron chi connectivity index (χ2n) is 5.12. The molecular formula is C15H22ClN3O2. The summed E-state index contributed by atoms with van der Waals surface area (Å²) in [5.41, 5.74) is 7.42. The molecule has 5 nitrogen and oxygen atoms in total. The number of rotatable bonds is 5. The summed E-state index contributed by atoms with van der Waals surface area (Å²) in [5, 5.41) is 3.53. The van der Waals surface area contributed by atoms with Crippen molar-refractivity contribution in [3.63, 3.8) is 0 Å². The smallest absolute Gasteiger partial charge is 0.241 e. The van der Waals surface area contributed by atoms with Gasteiger partial charge in [0.2, 0.25) is 5.91 Å². The Kier molecular flexibility index (Phi) is 5.85. The third-order valence-corrected chi connectivity index (χ3v) is 3.81. The van der Waals surface area contributed by atoms with Crippen LogP contribution in [0.5, 0.6) is 0 Å². The Morgan fingerprint density at radius 2 is 2.19 bits per heavy atom. The van der Waals surface area contributed by atoms with E-state index in [0.717, 1.165) is 25.2 Å². The lowest BCUT2D eigenvalue weighted by atomic mass is 10.1. The first kappa shape index (κ1) is 16.1. The lowest BCUT2D eigenvalue weighted by Gasteiger charge is -2.31. The van der Waals surface area contributed by atoms with Crippen molar-refractivity contribution < 1.29 is 9.53 Å². The van der Waals surface area contributed by atoms with E-state index in [4.69, 9.17) is 22.1 Å². The van der Waals surface area contributed by atoms with Gasteiger partial charge >= 0.3 is 0 Å². The van der Waals surface area contributed by atoms with Crippen molar-refractivity contribution in [2.24, 2.45) is 5.73 Å². The van der Waals surface area contributed by atoms with Gasteiger partial charge in [0.05, 0.1) is 35.7 Å². The van der Waals surface area contributed by atoms with Crippen LogP contribution >= 0.6 is 11.6 Å². The number of nitrogens with two attached hydrogens (primary N) is 1. The van der Waals surface area contributed by atoms with E-state index in [-0.39, 0.29) is 5.91 Å². The van der Waals surface area contributed by atoms with E-state index in [1.807, 2.05) is 25.1 Å². The van der Waals surface area contributed by atoms with Crippen LogP contribution in [-0.2, 0) is 9.53 Å². The fourth-order valence-electron chi connectivity index (χ4n) is 2.39. The van der Waals surface area contributed by atoms with Crippen molar-refractivity contribution in [2.45, 2.75) is 25.8 Å². The van der Waals surface area contributed by atoms with Crippen molar-refractivity contribution in [3.8, 4) is 0 Å². The van der Waals surface area contributed by atoms with E-state index in [1.54, 1.807) is 0 Å². The quantitative estimate of drug-likeness (QED) is 0.875. The fraction of sp³-hybridized carbons (Fsp3) is 0.533. The van der Waals surface area contributed by atoms with Crippen LogP contribution in [0, 0.1) is 0 Å². The van der Waals surface area contributed by atoms with Crippen molar-refractivity contribution in [2.75, 3.05) is 36.5 Å². The molecule has 0 saturated carbocycles. The molecule has 0 radical (unpaired) electrons. The minimum Gasteiger partial charge on any atom is -0.378 e.